The maximum atomic E-state index is 4.16. The van der Waals surface area contributed by atoms with Gasteiger partial charge in [0.1, 0.15) is 11.6 Å². The van der Waals surface area contributed by atoms with E-state index in [1.165, 1.54) is 25.7 Å². The van der Waals surface area contributed by atoms with Gasteiger partial charge in [-0.1, -0.05) is 12.8 Å². The molecule has 0 unspecified atom stereocenters. The van der Waals surface area contributed by atoms with Crippen LogP contribution in [0.3, 0.4) is 0 Å². The van der Waals surface area contributed by atoms with Crippen molar-refractivity contribution in [2.24, 2.45) is 7.05 Å². The summed E-state index contributed by atoms with van der Waals surface area (Å²) in [4.78, 5) is 0. The first kappa shape index (κ1) is 10.6. The summed E-state index contributed by atoms with van der Waals surface area (Å²) in [5, 5.41) is 11.8. The highest BCUT2D eigenvalue weighted by atomic mass is 15.3. The predicted octanol–water partition coefficient (Wildman–Crippen LogP) is 1.55. The highest BCUT2D eigenvalue weighted by Gasteiger charge is 2.28. The smallest absolute Gasteiger partial charge is 0.146 e. The van der Waals surface area contributed by atoms with E-state index in [0.717, 1.165) is 18.2 Å². The van der Waals surface area contributed by atoms with Gasteiger partial charge in [-0.15, -0.1) is 10.2 Å². The Morgan fingerprint density at radius 2 is 2.00 bits per heavy atom. The third kappa shape index (κ3) is 2.20. The lowest BCUT2D eigenvalue weighted by molar-refractivity contribution is 0.356. The number of nitrogens with one attached hydrogen (secondary N) is 1. The molecule has 0 saturated heterocycles. The average Bonchev–Trinajstić information content (AvgIpc) is 2.75. The standard InChI is InChI=1S/C11H20N4/c1-9-13-14-10(15(9)3)8-12-11(2)6-4-5-7-11/h12H,4-8H2,1-3H3. The lowest BCUT2D eigenvalue weighted by Gasteiger charge is -2.24. The molecule has 1 fully saturated rings. The summed E-state index contributed by atoms with van der Waals surface area (Å²) in [6.07, 6.45) is 5.26. The zero-order chi connectivity index (χ0) is 10.9. The van der Waals surface area contributed by atoms with E-state index >= 15 is 0 Å². The van der Waals surface area contributed by atoms with Crippen LogP contribution in [0, 0.1) is 6.92 Å². The number of aryl methyl sites for hydroxylation is 1. The maximum absolute atomic E-state index is 4.16. The SMILES string of the molecule is Cc1nnc(CNC2(C)CCCC2)n1C. The Labute approximate surface area is 91.1 Å². The summed E-state index contributed by atoms with van der Waals surface area (Å²) in [5.41, 5.74) is 0.319. The fourth-order valence-electron chi connectivity index (χ4n) is 2.23. The van der Waals surface area contributed by atoms with Gasteiger partial charge in [0.15, 0.2) is 0 Å². The van der Waals surface area contributed by atoms with Gasteiger partial charge in [-0.2, -0.15) is 0 Å². The van der Waals surface area contributed by atoms with Crippen molar-refractivity contribution in [2.45, 2.75) is 51.6 Å². The first-order chi connectivity index (χ1) is 7.11. The molecule has 0 amide bonds. The van der Waals surface area contributed by atoms with Crippen LogP contribution in [0.15, 0.2) is 0 Å². The van der Waals surface area contributed by atoms with E-state index in [9.17, 15) is 0 Å². The first-order valence-electron chi connectivity index (χ1n) is 5.71. The predicted molar refractivity (Wildman–Crippen MR) is 59.5 cm³/mol. The highest BCUT2D eigenvalue weighted by molar-refractivity contribution is 4.95. The van der Waals surface area contributed by atoms with Crippen LogP contribution in [0.2, 0.25) is 0 Å². The third-order valence-corrected chi connectivity index (χ3v) is 3.56. The van der Waals surface area contributed by atoms with Crippen molar-refractivity contribution in [3.8, 4) is 0 Å². The van der Waals surface area contributed by atoms with Gasteiger partial charge in [-0.25, -0.2) is 0 Å². The van der Waals surface area contributed by atoms with E-state index in [2.05, 4.69) is 22.4 Å². The molecule has 84 valence electrons. The molecular formula is C11H20N4. The summed E-state index contributed by atoms with van der Waals surface area (Å²) in [7, 11) is 2.02. The Bertz CT molecular complexity index is 336. The summed E-state index contributed by atoms with van der Waals surface area (Å²) < 4.78 is 2.05. The van der Waals surface area contributed by atoms with E-state index in [0.29, 0.717) is 5.54 Å². The molecule has 4 nitrogen and oxygen atoms in total. The lowest BCUT2D eigenvalue weighted by Crippen LogP contribution is -2.39. The number of hydrogen-bond donors (Lipinski definition) is 1. The van der Waals surface area contributed by atoms with Crippen LogP contribution in [0.5, 0.6) is 0 Å². The van der Waals surface area contributed by atoms with Crippen LogP contribution in [0.1, 0.15) is 44.3 Å². The summed E-state index contributed by atoms with van der Waals surface area (Å²) in [6, 6.07) is 0. The molecule has 0 aromatic carbocycles. The van der Waals surface area contributed by atoms with E-state index in [1.54, 1.807) is 0 Å². The fraction of sp³-hybridized carbons (Fsp3) is 0.818. The molecule has 4 heteroatoms. The lowest BCUT2D eigenvalue weighted by atomic mass is 10.0. The monoisotopic (exact) mass is 208 g/mol. The molecule has 0 bridgehead atoms. The van der Waals surface area contributed by atoms with Gasteiger partial charge in [-0.3, -0.25) is 0 Å². The molecule has 0 radical (unpaired) electrons. The molecule has 1 aliphatic rings. The Kier molecular flexibility index (Phi) is 2.78. The van der Waals surface area contributed by atoms with Crippen LogP contribution < -0.4 is 5.32 Å². The van der Waals surface area contributed by atoms with Gasteiger partial charge >= 0.3 is 0 Å². The summed E-state index contributed by atoms with van der Waals surface area (Å²) in [6.45, 7) is 5.12. The second-order valence-electron chi connectivity index (χ2n) is 4.84. The maximum Gasteiger partial charge on any atom is 0.146 e. The number of aromatic nitrogens is 3. The average molecular weight is 208 g/mol. The second kappa shape index (κ2) is 3.93. The van der Waals surface area contributed by atoms with Crippen LogP contribution in [-0.2, 0) is 13.6 Å². The van der Waals surface area contributed by atoms with Crippen LogP contribution >= 0.6 is 0 Å². The van der Waals surface area contributed by atoms with Gasteiger partial charge in [0.05, 0.1) is 6.54 Å². The molecule has 2 rings (SSSR count). The Hall–Kier alpha value is -0.900. The fourth-order valence-corrected chi connectivity index (χ4v) is 2.23. The first-order valence-corrected chi connectivity index (χ1v) is 5.71. The normalized spacial score (nSPS) is 19.7. The molecule has 1 saturated carbocycles. The zero-order valence-electron chi connectivity index (χ0n) is 9.88. The molecular weight excluding hydrogens is 188 g/mol. The third-order valence-electron chi connectivity index (χ3n) is 3.56. The van der Waals surface area contributed by atoms with Crippen LogP contribution in [0.25, 0.3) is 0 Å². The number of rotatable bonds is 3. The van der Waals surface area contributed by atoms with Gasteiger partial charge in [-0.05, 0) is 26.7 Å². The van der Waals surface area contributed by atoms with Gasteiger partial charge in [0.25, 0.3) is 0 Å². The Morgan fingerprint density at radius 1 is 1.33 bits per heavy atom. The minimum Gasteiger partial charge on any atom is -0.317 e. The quantitative estimate of drug-likeness (QED) is 0.819. The van der Waals surface area contributed by atoms with Crippen molar-refractivity contribution in [2.75, 3.05) is 0 Å². The minimum atomic E-state index is 0.319. The van der Waals surface area contributed by atoms with Crippen LogP contribution in [-0.4, -0.2) is 20.3 Å². The summed E-state index contributed by atoms with van der Waals surface area (Å²) in [5.74, 6) is 2.00. The van der Waals surface area contributed by atoms with Crippen molar-refractivity contribution >= 4 is 0 Å². The minimum absolute atomic E-state index is 0.319. The molecule has 1 N–H and O–H groups in total. The molecule has 1 heterocycles. The topological polar surface area (TPSA) is 42.7 Å². The van der Waals surface area contributed by atoms with Crippen molar-refractivity contribution in [1.82, 2.24) is 20.1 Å². The van der Waals surface area contributed by atoms with E-state index in [-0.39, 0.29) is 0 Å². The largest absolute Gasteiger partial charge is 0.317 e. The molecule has 0 spiro atoms. The Balaban J connectivity index is 1.95. The van der Waals surface area contributed by atoms with Crippen molar-refractivity contribution in [1.29, 1.82) is 0 Å². The number of hydrogen-bond acceptors (Lipinski definition) is 3. The van der Waals surface area contributed by atoms with E-state index in [4.69, 9.17) is 0 Å². The molecule has 1 aliphatic carbocycles. The van der Waals surface area contributed by atoms with Crippen molar-refractivity contribution < 1.29 is 0 Å². The summed E-state index contributed by atoms with van der Waals surface area (Å²) >= 11 is 0. The molecule has 15 heavy (non-hydrogen) atoms. The highest BCUT2D eigenvalue weighted by Crippen LogP contribution is 2.28. The van der Waals surface area contributed by atoms with E-state index < -0.39 is 0 Å². The van der Waals surface area contributed by atoms with E-state index in [1.807, 2.05) is 18.5 Å². The van der Waals surface area contributed by atoms with Gasteiger partial charge < -0.3 is 9.88 Å². The van der Waals surface area contributed by atoms with Gasteiger partial charge in [0, 0.05) is 12.6 Å². The second-order valence-corrected chi connectivity index (χ2v) is 4.84. The molecule has 1 aromatic rings. The van der Waals surface area contributed by atoms with Crippen molar-refractivity contribution in [3.63, 3.8) is 0 Å². The van der Waals surface area contributed by atoms with Crippen molar-refractivity contribution in [3.05, 3.63) is 11.6 Å². The molecule has 0 aliphatic heterocycles. The zero-order valence-corrected chi connectivity index (χ0v) is 9.88. The molecule has 1 aromatic heterocycles. The Morgan fingerprint density at radius 3 is 2.53 bits per heavy atom. The number of nitrogens with zero attached hydrogens (tertiary/aromatic N) is 3. The van der Waals surface area contributed by atoms with Gasteiger partial charge in [0.2, 0.25) is 0 Å². The molecule has 0 atom stereocenters. The van der Waals surface area contributed by atoms with Crippen LogP contribution in [0.4, 0.5) is 0 Å².